The van der Waals surface area contributed by atoms with Gasteiger partial charge in [-0.25, -0.2) is 0 Å². The Labute approximate surface area is 126 Å². The normalized spacial score (nSPS) is 11.0. The number of anilines is 2. The number of thiocarbonyl (C=S) groups is 1. The van der Waals surface area contributed by atoms with Gasteiger partial charge in [-0.1, -0.05) is 26.1 Å². The Bertz CT molecular complexity index is 478. The molecule has 0 saturated heterocycles. The van der Waals surface area contributed by atoms with E-state index in [9.17, 15) is 4.79 Å². The summed E-state index contributed by atoms with van der Waals surface area (Å²) >= 11 is 5.09. The zero-order valence-electron chi connectivity index (χ0n) is 12.6. The van der Waals surface area contributed by atoms with Crippen LogP contribution in [0.25, 0.3) is 0 Å². The van der Waals surface area contributed by atoms with Crippen molar-refractivity contribution < 1.29 is 4.79 Å². The number of carbonyl (C=O) groups is 1. The standard InChI is InChI=1S/C15H23N3OS/c1-5-15(6-2,13(16)20)14(19)17-11-7-9-12(10-8-11)18(3)4/h7-10H,5-6H2,1-4H3,(H2,16,20)(H,17,19). The maximum absolute atomic E-state index is 12.5. The summed E-state index contributed by atoms with van der Waals surface area (Å²) in [5, 5.41) is 2.91. The summed E-state index contributed by atoms with van der Waals surface area (Å²) in [5.74, 6) is -0.132. The second-order valence-electron chi connectivity index (χ2n) is 5.05. The van der Waals surface area contributed by atoms with Crippen molar-refractivity contribution in [3.63, 3.8) is 0 Å². The summed E-state index contributed by atoms with van der Waals surface area (Å²) in [4.78, 5) is 14.7. The Morgan fingerprint density at radius 2 is 1.75 bits per heavy atom. The molecule has 0 spiro atoms. The molecular formula is C15H23N3OS. The van der Waals surface area contributed by atoms with E-state index in [-0.39, 0.29) is 10.9 Å². The Morgan fingerprint density at radius 3 is 2.10 bits per heavy atom. The van der Waals surface area contributed by atoms with E-state index in [1.54, 1.807) is 0 Å². The Kier molecular flexibility index (Phi) is 5.51. The zero-order valence-corrected chi connectivity index (χ0v) is 13.4. The molecule has 1 rings (SSSR count). The van der Waals surface area contributed by atoms with Gasteiger partial charge in [-0.2, -0.15) is 0 Å². The molecule has 0 fully saturated rings. The number of nitrogens with one attached hydrogen (secondary N) is 1. The number of hydrogen-bond donors (Lipinski definition) is 2. The fourth-order valence-corrected chi connectivity index (χ4v) is 2.51. The van der Waals surface area contributed by atoms with Crippen LogP contribution in [0.1, 0.15) is 26.7 Å². The zero-order chi connectivity index (χ0) is 15.3. The van der Waals surface area contributed by atoms with Gasteiger partial charge in [-0.3, -0.25) is 4.79 Å². The van der Waals surface area contributed by atoms with Crippen LogP contribution in [-0.4, -0.2) is 25.0 Å². The van der Waals surface area contributed by atoms with E-state index in [0.29, 0.717) is 12.8 Å². The van der Waals surface area contributed by atoms with Crippen LogP contribution in [0.4, 0.5) is 11.4 Å². The lowest BCUT2D eigenvalue weighted by atomic mass is 9.81. The Hall–Kier alpha value is -1.62. The second kappa shape index (κ2) is 6.70. The topological polar surface area (TPSA) is 58.4 Å². The van der Waals surface area contributed by atoms with Gasteiger partial charge in [-0.05, 0) is 37.1 Å². The first-order valence-corrected chi connectivity index (χ1v) is 7.17. The van der Waals surface area contributed by atoms with Crippen LogP contribution in [0.3, 0.4) is 0 Å². The molecule has 0 aromatic heterocycles. The van der Waals surface area contributed by atoms with Crippen LogP contribution in [0.15, 0.2) is 24.3 Å². The monoisotopic (exact) mass is 293 g/mol. The average molecular weight is 293 g/mol. The van der Waals surface area contributed by atoms with Gasteiger partial charge in [-0.15, -0.1) is 0 Å². The fourth-order valence-electron chi connectivity index (χ4n) is 2.13. The lowest BCUT2D eigenvalue weighted by Crippen LogP contribution is -2.45. The van der Waals surface area contributed by atoms with Crippen LogP contribution in [-0.2, 0) is 4.79 Å². The van der Waals surface area contributed by atoms with Crippen molar-refractivity contribution in [1.82, 2.24) is 0 Å². The highest BCUT2D eigenvalue weighted by atomic mass is 32.1. The van der Waals surface area contributed by atoms with Gasteiger partial charge in [0, 0.05) is 25.5 Å². The predicted octanol–water partition coefficient (Wildman–Crippen LogP) is 2.78. The highest BCUT2D eigenvalue weighted by Crippen LogP contribution is 2.29. The lowest BCUT2D eigenvalue weighted by Gasteiger charge is -2.29. The summed E-state index contributed by atoms with van der Waals surface area (Å²) in [7, 11) is 3.94. The molecule has 4 nitrogen and oxygen atoms in total. The number of nitrogens with zero attached hydrogens (tertiary/aromatic N) is 1. The molecule has 0 atom stereocenters. The van der Waals surface area contributed by atoms with Crippen molar-refractivity contribution in [2.24, 2.45) is 11.1 Å². The molecule has 0 radical (unpaired) electrons. The molecule has 0 aliphatic rings. The average Bonchev–Trinajstić information content (AvgIpc) is 2.41. The molecule has 0 unspecified atom stereocenters. The first-order chi connectivity index (χ1) is 9.37. The summed E-state index contributed by atoms with van der Waals surface area (Å²) in [6.45, 7) is 3.86. The molecule has 110 valence electrons. The highest BCUT2D eigenvalue weighted by Gasteiger charge is 2.38. The van der Waals surface area contributed by atoms with Crippen LogP contribution in [0.5, 0.6) is 0 Å². The number of carbonyl (C=O) groups excluding carboxylic acids is 1. The van der Waals surface area contributed by atoms with Crippen molar-refractivity contribution >= 4 is 34.5 Å². The maximum atomic E-state index is 12.5. The minimum Gasteiger partial charge on any atom is -0.392 e. The van der Waals surface area contributed by atoms with Crippen molar-refractivity contribution in [2.45, 2.75) is 26.7 Å². The molecule has 0 bridgehead atoms. The minimum absolute atomic E-state index is 0.132. The molecule has 20 heavy (non-hydrogen) atoms. The first-order valence-electron chi connectivity index (χ1n) is 6.76. The SMILES string of the molecule is CCC(CC)(C(=O)Nc1ccc(N(C)C)cc1)C(N)=S. The van der Waals surface area contributed by atoms with Crippen molar-refractivity contribution in [1.29, 1.82) is 0 Å². The van der Waals surface area contributed by atoms with Crippen LogP contribution in [0, 0.1) is 5.41 Å². The second-order valence-corrected chi connectivity index (χ2v) is 5.49. The van der Waals surface area contributed by atoms with Crippen molar-refractivity contribution in [3.05, 3.63) is 24.3 Å². The van der Waals surface area contributed by atoms with Gasteiger partial charge < -0.3 is 16.0 Å². The molecule has 1 amide bonds. The quantitative estimate of drug-likeness (QED) is 0.792. The third-order valence-electron chi connectivity index (χ3n) is 3.75. The van der Waals surface area contributed by atoms with Gasteiger partial charge in [0.15, 0.2) is 0 Å². The van der Waals surface area contributed by atoms with E-state index in [1.165, 1.54) is 0 Å². The van der Waals surface area contributed by atoms with Crippen LogP contribution < -0.4 is 16.0 Å². The van der Waals surface area contributed by atoms with E-state index in [0.717, 1.165) is 11.4 Å². The molecule has 5 heteroatoms. The summed E-state index contributed by atoms with van der Waals surface area (Å²) in [5.41, 5.74) is 6.84. The highest BCUT2D eigenvalue weighted by molar-refractivity contribution is 7.80. The third kappa shape index (κ3) is 3.28. The largest absolute Gasteiger partial charge is 0.392 e. The number of amides is 1. The van der Waals surface area contributed by atoms with Gasteiger partial charge in [0.05, 0.1) is 10.4 Å². The number of rotatable bonds is 6. The molecule has 0 heterocycles. The fraction of sp³-hybridized carbons (Fsp3) is 0.467. The van der Waals surface area contributed by atoms with Gasteiger partial charge in [0.2, 0.25) is 5.91 Å². The minimum atomic E-state index is -0.768. The van der Waals surface area contributed by atoms with Crippen molar-refractivity contribution in [3.8, 4) is 0 Å². The first kappa shape index (κ1) is 16.4. The summed E-state index contributed by atoms with van der Waals surface area (Å²) < 4.78 is 0. The number of benzene rings is 1. The lowest BCUT2D eigenvalue weighted by molar-refractivity contribution is -0.122. The Balaban J connectivity index is 2.91. The summed E-state index contributed by atoms with van der Waals surface area (Å²) in [6, 6.07) is 7.66. The van der Waals surface area contributed by atoms with Crippen LogP contribution >= 0.6 is 12.2 Å². The Morgan fingerprint density at radius 1 is 1.25 bits per heavy atom. The van der Waals surface area contributed by atoms with Gasteiger partial charge in [0.25, 0.3) is 0 Å². The van der Waals surface area contributed by atoms with Crippen LogP contribution in [0.2, 0.25) is 0 Å². The van der Waals surface area contributed by atoms with E-state index in [1.807, 2.05) is 57.1 Å². The molecule has 1 aromatic carbocycles. The van der Waals surface area contributed by atoms with Gasteiger partial charge >= 0.3 is 0 Å². The van der Waals surface area contributed by atoms with E-state index >= 15 is 0 Å². The van der Waals surface area contributed by atoms with E-state index in [2.05, 4.69) is 5.32 Å². The molecule has 1 aromatic rings. The smallest absolute Gasteiger partial charge is 0.237 e. The van der Waals surface area contributed by atoms with Gasteiger partial charge in [0.1, 0.15) is 0 Å². The van der Waals surface area contributed by atoms with E-state index in [4.69, 9.17) is 18.0 Å². The number of hydrogen-bond acceptors (Lipinski definition) is 3. The summed E-state index contributed by atoms with van der Waals surface area (Å²) in [6.07, 6.45) is 1.20. The molecule has 0 saturated carbocycles. The number of nitrogens with two attached hydrogens (primary N) is 1. The van der Waals surface area contributed by atoms with Crippen molar-refractivity contribution in [2.75, 3.05) is 24.3 Å². The maximum Gasteiger partial charge on any atom is 0.237 e. The predicted molar refractivity (Wildman–Crippen MR) is 89.2 cm³/mol. The third-order valence-corrected chi connectivity index (χ3v) is 4.15. The molecular weight excluding hydrogens is 270 g/mol. The molecule has 3 N–H and O–H groups in total. The van der Waals surface area contributed by atoms with E-state index < -0.39 is 5.41 Å². The molecule has 0 aliphatic heterocycles. The molecule has 0 aliphatic carbocycles.